The van der Waals surface area contributed by atoms with Gasteiger partial charge in [-0.05, 0) is 42.5 Å². The van der Waals surface area contributed by atoms with E-state index in [1.807, 2.05) is 0 Å². The van der Waals surface area contributed by atoms with E-state index in [2.05, 4.69) is 10.2 Å². The predicted molar refractivity (Wildman–Crippen MR) is 130 cm³/mol. The lowest BCUT2D eigenvalue weighted by molar-refractivity contribution is -0.114. The van der Waals surface area contributed by atoms with Crippen molar-refractivity contribution in [2.75, 3.05) is 44.6 Å². The molecule has 2 heterocycles. The summed E-state index contributed by atoms with van der Waals surface area (Å²) in [5, 5.41) is 14.4. The first-order chi connectivity index (χ1) is 16.2. The van der Waals surface area contributed by atoms with Gasteiger partial charge in [0, 0.05) is 61.8 Å². The van der Waals surface area contributed by atoms with Gasteiger partial charge in [-0.2, -0.15) is 0 Å². The van der Waals surface area contributed by atoms with Crippen LogP contribution in [0.15, 0.2) is 42.5 Å². The van der Waals surface area contributed by atoms with Gasteiger partial charge in [0.15, 0.2) is 0 Å². The molecule has 2 fully saturated rings. The molecule has 0 bridgehead atoms. The number of carbonyl (C=O) groups excluding carboxylic acids is 3. The third-order valence-electron chi connectivity index (χ3n) is 6.23. The SMILES string of the molecule is CC(=O)Nc1cc(Cl)ccc1C(=O)N1C[C@@H](O)[C@H](N2CCN(C(=O)c3ccc(Cl)cc3)CC2)C1. The average molecular weight is 505 g/mol. The van der Waals surface area contributed by atoms with Gasteiger partial charge in [0.05, 0.1) is 23.4 Å². The number of β-amino-alcohol motifs (C(OH)–C–C–N with tert-alkyl or cyclic N) is 1. The number of nitrogens with zero attached hydrogens (tertiary/aromatic N) is 3. The maximum absolute atomic E-state index is 13.2. The molecule has 0 aliphatic carbocycles. The summed E-state index contributed by atoms with van der Waals surface area (Å²) in [5.74, 6) is -0.631. The Hall–Kier alpha value is -2.65. The van der Waals surface area contributed by atoms with E-state index in [-0.39, 0.29) is 30.3 Å². The third-order valence-corrected chi connectivity index (χ3v) is 6.72. The highest BCUT2D eigenvalue weighted by Gasteiger charge is 2.39. The van der Waals surface area contributed by atoms with E-state index >= 15 is 0 Å². The zero-order valence-corrected chi connectivity index (χ0v) is 20.2. The zero-order valence-electron chi connectivity index (χ0n) is 18.7. The van der Waals surface area contributed by atoms with Crippen LogP contribution in [-0.2, 0) is 4.79 Å². The lowest BCUT2D eigenvalue weighted by Gasteiger charge is -2.38. The van der Waals surface area contributed by atoms with Gasteiger partial charge >= 0.3 is 0 Å². The number of rotatable bonds is 4. The van der Waals surface area contributed by atoms with Crippen LogP contribution in [-0.4, -0.2) is 88.9 Å². The Bertz CT molecular complexity index is 1090. The number of aliphatic hydroxyl groups is 1. The lowest BCUT2D eigenvalue weighted by Crippen LogP contribution is -2.54. The van der Waals surface area contributed by atoms with Crippen molar-refractivity contribution in [2.24, 2.45) is 0 Å². The number of halogens is 2. The van der Waals surface area contributed by atoms with E-state index in [0.717, 1.165) is 0 Å². The van der Waals surface area contributed by atoms with Crippen LogP contribution in [0.25, 0.3) is 0 Å². The molecular weight excluding hydrogens is 479 g/mol. The molecule has 0 saturated carbocycles. The molecule has 180 valence electrons. The van der Waals surface area contributed by atoms with Crippen molar-refractivity contribution in [3.8, 4) is 0 Å². The molecule has 0 radical (unpaired) electrons. The Morgan fingerprint density at radius 2 is 1.53 bits per heavy atom. The molecular formula is C24H26Cl2N4O4. The molecule has 2 atom stereocenters. The molecule has 2 saturated heterocycles. The summed E-state index contributed by atoms with van der Waals surface area (Å²) in [7, 11) is 0. The molecule has 0 spiro atoms. The van der Waals surface area contributed by atoms with Crippen LogP contribution in [0.1, 0.15) is 27.6 Å². The standard InChI is InChI=1S/C24H26Cl2N4O4/c1-15(31)27-20-12-18(26)6-7-19(20)24(34)30-13-21(22(32)14-30)28-8-10-29(11-9-28)23(33)16-2-4-17(25)5-3-16/h2-7,12,21-22,32H,8-11,13-14H2,1H3,(H,27,31)/t21-,22-/m1/s1. The number of hydrogen-bond donors (Lipinski definition) is 2. The fourth-order valence-corrected chi connectivity index (χ4v) is 4.79. The molecule has 0 unspecified atom stereocenters. The largest absolute Gasteiger partial charge is 0.390 e. The van der Waals surface area contributed by atoms with Gasteiger partial charge in [0.2, 0.25) is 5.91 Å². The second-order valence-corrected chi connectivity index (χ2v) is 9.42. The second-order valence-electron chi connectivity index (χ2n) is 8.55. The minimum absolute atomic E-state index is 0.0478. The first-order valence-corrected chi connectivity index (χ1v) is 11.8. The average Bonchev–Trinajstić information content (AvgIpc) is 3.20. The molecule has 2 N–H and O–H groups in total. The molecule has 10 heteroatoms. The van der Waals surface area contributed by atoms with Crippen molar-refractivity contribution in [3.63, 3.8) is 0 Å². The quantitative estimate of drug-likeness (QED) is 0.667. The van der Waals surface area contributed by atoms with Gasteiger partial charge in [-0.15, -0.1) is 0 Å². The first kappa shape index (κ1) is 24.5. The van der Waals surface area contributed by atoms with Crippen LogP contribution < -0.4 is 5.32 Å². The second kappa shape index (κ2) is 10.3. The van der Waals surface area contributed by atoms with Gasteiger partial charge in [-0.3, -0.25) is 19.3 Å². The summed E-state index contributed by atoms with van der Waals surface area (Å²) in [5.41, 5.74) is 1.26. The minimum Gasteiger partial charge on any atom is -0.390 e. The normalized spacial score (nSPS) is 20.9. The van der Waals surface area contributed by atoms with Crippen LogP contribution in [0.3, 0.4) is 0 Å². The Balaban J connectivity index is 1.38. The number of amides is 3. The molecule has 2 aliphatic rings. The van der Waals surface area contributed by atoms with Crippen LogP contribution in [0.2, 0.25) is 10.0 Å². The highest BCUT2D eigenvalue weighted by atomic mass is 35.5. The molecule has 8 nitrogen and oxygen atoms in total. The fraction of sp³-hybridized carbons (Fsp3) is 0.375. The monoisotopic (exact) mass is 504 g/mol. The van der Waals surface area contributed by atoms with E-state index in [4.69, 9.17) is 23.2 Å². The zero-order chi connectivity index (χ0) is 24.4. The number of aliphatic hydroxyl groups excluding tert-OH is 1. The summed E-state index contributed by atoms with van der Waals surface area (Å²) in [6.45, 7) is 4.16. The number of anilines is 1. The highest BCUT2D eigenvalue weighted by molar-refractivity contribution is 6.31. The number of likely N-dealkylation sites (tertiary alicyclic amines) is 1. The molecule has 0 aromatic heterocycles. The topological polar surface area (TPSA) is 93.2 Å². The van der Waals surface area contributed by atoms with Crippen LogP contribution in [0, 0.1) is 0 Å². The maximum atomic E-state index is 13.2. The number of nitrogens with one attached hydrogen (secondary N) is 1. The van der Waals surface area contributed by atoms with Crippen molar-refractivity contribution in [1.82, 2.24) is 14.7 Å². The smallest absolute Gasteiger partial charge is 0.256 e. The summed E-state index contributed by atoms with van der Waals surface area (Å²) < 4.78 is 0. The van der Waals surface area contributed by atoms with E-state index in [1.54, 1.807) is 46.2 Å². The fourth-order valence-electron chi connectivity index (χ4n) is 4.49. The van der Waals surface area contributed by atoms with Crippen molar-refractivity contribution < 1.29 is 19.5 Å². The molecule has 2 aromatic carbocycles. The Morgan fingerprint density at radius 1 is 0.882 bits per heavy atom. The predicted octanol–water partition coefficient (Wildman–Crippen LogP) is 2.60. The Labute approximate surface area is 208 Å². The molecule has 4 rings (SSSR count). The van der Waals surface area contributed by atoms with Crippen molar-refractivity contribution in [3.05, 3.63) is 63.6 Å². The van der Waals surface area contributed by atoms with Gasteiger partial charge in [-0.25, -0.2) is 0 Å². The summed E-state index contributed by atoms with van der Waals surface area (Å²) in [6.07, 6.45) is -0.709. The highest BCUT2D eigenvalue weighted by Crippen LogP contribution is 2.26. The number of benzene rings is 2. The van der Waals surface area contributed by atoms with Gasteiger partial charge in [0.1, 0.15) is 0 Å². The summed E-state index contributed by atoms with van der Waals surface area (Å²) >= 11 is 11.9. The van der Waals surface area contributed by atoms with E-state index in [9.17, 15) is 19.5 Å². The Morgan fingerprint density at radius 3 is 2.18 bits per heavy atom. The maximum Gasteiger partial charge on any atom is 0.256 e. The first-order valence-electron chi connectivity index (χ1n) is 11.1. The van der Waals surface area contributed by atoms with Gasteiger partial charge in [-0.1, -0.05) is 23.2 Å². The van der Waals surface area contributed by atoms with Crippen LogP contribution >= 0.6 is 23.2 Å². The van der Waals surface area contributed by atoms with E-state index in [0.29, 0.717) is 59.6 Å². The van der Waals surface area contributed by atoms with Gasteiger partial charge < -0.3 is 20.2 Å². The van der Waals surface area contributed by atoms with Crippen molar-refractivity contribution >= 4 is 46.6 Å². The molecule has 34 heavy (non-hydrogen) atoms. The summed E-state index contributed by atoms with van der Waals surface area (Å²) in [4.78, 5) is 43.0. The minimum atomic E-state index is -0.709. The van der Waals surface area contributed by atoms with E-state index in [1.165, 1.54) is 13.0 Å². The Kier molecular flexibility index (Phi) is 7.42. The third kappa shape index (κ3) is 5.36. The lowest BCUT2D eigenvalue weighted by atomic mass is 10.1. The molecule has 2 aromatic rings. The number of hydrogen-bond acceptors (Lipinski definition) is 5. The molecule has 3 amide bonds. The van der Waals surface area contributed by atoms with Crippen LogP contribution in [0.5, 0.6) is 0 Å². The summed E-state index contributed by atoms with van der Waals surface area (Å²) in [6, 6.07) is 11.3. The number of piperazine rings is 1. The van der Waals surface area contributed by atoms with Crippen LogP contribution in [0.4, 0.5) is 5.69 Å². The van der Waals surface area contributed by atoms with Crippen molar-refractivity contribution in [2.45, 2.75) is 19.1 Å². The molecule has 2 aliphatic heterocycles. The van der Waals surface area contributed by atoms with Gasteiger partial charge in [0.25, 0.3) is 11.8 Å². The van der Waals surface area contributed by atoms with Crippen molar-refractivity contribution in [1.29, 1.82) is 0 Å². The number of carbonyl (C=O) groups is 3. The van der Waals surface area contributed by atoms with E-state index < -0.39 is 6.10 Å².